The van der Waals surface area contributed by atoms with Gasteiger partial charge in [0.2, 0.25) is 0 Å². The molecule has 1 heterocycles. The number of carbonyl (C=O) groups excluding carboxylic acids is 1. The molecule has 0 fully saturated rings. The monoisotopic (exact) mass is 412 g/mol. The van der Waals surface area contributed by atoms with Gasteiger partial charge in [-0.05, 0) is 19.9 Å². The number of halogens is 1. The van der Waals surface area contributed by atoms with E-state index in [9.17, 15) is 9.18 Å². The van der Waals surface area contributed by atoms with Gasteiger partial charge in [0, 0.05) is 16.7 Å². The van der Waals surface area contributed by atoms with Crippen molar-refractivity contribution in [2.45, 2.75) is 20.0 Å². The highest BCUT2D eigenvalue weighted by Gasteiger charge is 2.21. The fourth-order valence-corrected chi connectivity index (χ4v) is 2.80. The molecule has 0 spiro atoms. The van der Waals surface area contributed by atoms with Crippen LogP contribution < -0.4 is 22.4 Å². The summed E-state index contributed by atoms with van der Waals surface area (Å²) in [5.41, 5.74) is 10.3. The summed E-state index contributed by atoms with van der Waals surface area (Å²) in [5.74, 6) is 5.22. The summed E-state index contributed by atoms with van der Waals surface area (Å²) in [7, 11) is 0. The maximum Gasteiger partial charge on any atom is 0.412 e. The highest BCUT2D eigenvalue weighted by atomic mass is 19.1. The molecule has 0 radical (unpaired) electrons. The van der Waals surface area contributed by atoms with Crippen LogP contribution in [0.15, 0.2) is 58.2 Å². The summed E-state index contributed by atoms with van der Waals surface area (Å²) in [5, 5.41) is 10.2. The molecule has 0 bridgehead atoms. The van der Waals surface area contributed by atoms with E-state index in [2.05, 4.69) is 21.1 Å². The van der Waals surface area contributed by atoms with Gasteiger partial charge in [0.05, 0.1) is 0 Å². The van der Waals surface area contributed by atoms with Crippen molar-refractivity contribution in [2.75, 3.05) is 5.32 Å². The highest BCUT2D eigenvalue weighted by molar-refractivity contribution is 5.98. The Hall–Kier alpha value is -3.92. The lowest BCUT2D eigenvalue weighted by Gasteiger charge is -2.15. The molecule has 0 aliphatic heterocycles. The van der Waals surface area contributed by atoms with Crippen LogP contribution >= 0.6 is 0 Å². The van der Waals surface area contributed by atoms with Crippen LogP contribution in [0.25, 0.3) is 11.3 Å². The topological polar surface area (TPSA) is 141 Å². The standard InChI is InChI=1S/C20H21FN6O3/c1-11-17(24-20(28)29-12(2)15-5-3-4-6-16(15)21)18(30-26-11)13-7-9-14(10-8-13)19(22)25-27-23/h3-10,12,27H,23H2,1-2H3,(H2,22,25)(H,24,28). The second-order valence-corrected chi connectivity index (χ2v) is 6.37. The smallest absolute Gasteiger partial charge is 0.412 e. The van der Waals surface area contributed by atoms with Gasteiger partial charge in [0.1, 0.15) is 23.3 Å². The number of hydrogen-bond acceptors (Lipinski definition) is 7. The SMILES string of the molecule is Cc1noc(-c2ccc(/C(N)=N/NN)cc2)c1NC(=O)OC(C)c1ccccc1F. The van der Waals surface area contributed by atoms with E-state index in [0.29, 0.717) is 28.3 Å². The third-order valence-corrected chi connectivity index (χ3v) is 4.34. The number of nitrogens with two attached hydrogens (primary N) is 2. The molecule has 0 saturated heterocycles. The first kappa shape index (κ1) is 20.8. The van der Waals surface area contributed by atoms with Gasteiger partial charge in [0.15, 0.2) is 11.6 Å². The molecule has 10 heteroatoms. The number of nitrogens with one attached hydrogen (secondary N) is 2. The summed E-state index contributed by atoms with van der Waals surface area (Å²) in [4.78, 5) is 12.4. The quantitative estimate of drug-likeness (QED) is 0.211. The molecule has 1 aromatic heterocycles. The number of anilines is 1. The molecule has 9 nitrogen and oxygen atoms in total. The van der Waals surface area contributed by atoms with Crippen LogP contribution in [-0.2, 0) is 4.74 Å². The number of nitrogens with zero attached hydrogens (tertiary/aromatic N) is 2. The molecule has 1 unspecified atom stereocenters. The van der Waals surface area contributed by atoms with E-state index in [0.717, 1.165) is 0 Å². The van der Waals surface area contributed by atoms with Gasteiger partial charge in [0.25, 0.3) is 0 Å². The normalized spacial score (nSPS) is 12.3. The Morgan fingerprint density at radius 2 is 1.93 bits per heavy atom. The Morgan fingerprint density at radius 1 is 1.23 bits per heavy atom. The largest absolute Gasteiger partial charge is 0.441 e. The first-order valence-electron chi connectivity index (χ1n) is 8.98. The summed E-state index contributed by atoms with van der Waals surface area (Å²) >= 11 is 0. The number of aryl methyl sites for hydroxylation is 1. The molecule has 1 atom stereocenters. The fourth-order valence-electron chi connectivity index (χ4n) is 2.80. The molecule has 2 aromatic carbocycles. The highest BCUT2D eigenvalue weighted by Crippen LogP contribution is 2.31. The molecular formula is C20H21FN6O3. The molecule has 1 amide bonds. The van der Waals surface area contributed by atoms with E-state index in [4.69, 9.17) is 20.8 Å². The van der Waals surface area contributed by atoms with Gasteiger partial charge < -0.3 is 15.0 Å². The van der Waals surface area contributed by atoms with E-state index < -0.39 is 18.0 Å². The van der Waals surface area contributed by atoms with Crippen molar-refractivity contribution in [3.8, 4) is 11.3 Å². The minimum atomic E-state index is -0.785. The fraction of sp³-hybridized carbons (Fsp3) is 0.150. The van der Waals surface area contributed by atoms with Crippen molar-refractivity contribution < 1.29 is 18.4 Å². The van der Waals surface area contributed by atoms with Crippen molar-refractivity contribution in [3.05, 3.63) is 71.2 Å². The molecule has 0 saturated carbocycles. The second kappa shape index (κ2) is 9.05. The number of hydrazone groups is 1. The number of hydrazine groups is 1. The van der Waals surface area contributed by atoms with Crippen molar-refractivity contribution in [3.63, 3.8) is 0 Å². The minimum absolute atomic E-state index is 0.210. The van der Waals surface area contributed by atoms with E-state index in [1.54, 1.807) is 56.3 Å². The Kier molecular flexibility index (Phi) is 6.28. The first-order chi connectivity index (χ1) is 14.4. The summed E-state index contributed by atoms with van der Waals surface area (Å²) < 4.78 is 24.6. The average Bonchev–Trinajstić information content (AvgIpc) is 3.08. The van der Waals surface area contributed by atoms with E-state index in [1.807, 2.05) is 0 Å². The Bertz CT molecular complexity index is 1060. The van der Waals surface area contributed by atoms with Gasteiger partial charge in [-0.1, -0.05) is 47.6 Å². The Balaban J connectivity index is 1.77. The minimum Gasteiger partial charge on any atom is -0.441 e. The molecule has 30 heavy (non-hydrogen) atoms. The number of hydrogen-bond donors (Lipinski definition) is 4. The van der Waals surface area contributed by atoms with E-state index >= 15 is 0 Å². The van der Waals surface area contributed by atoms with Crippen LogP contribution in [-0.4, -0.2) is 17.1 Å². The molecule has 3 rings (SSSR count). The number of amides is 1. The lowest BCUT2D eigenvalue weighted by molar-refractivity contribution is 0.119. The zero-order valence-corrected chi connectivity index (χ0v) is 16.3. The summed E-state index contributed by atoms with van der Waals surface area (Å²) in [6.07, 6.45) is -1.55. The maximum absolute atomic E-state index is 13.9. The van der Waals surface area contributed by atoms with Crippen molar-refractivity contribution in [1.29, 1.82) is 0 Å². The van der Waals surface area contributed by atoms with Crippen LogP contribution in [0, 0.1) is 12.7 Å². The number of aromatic nitrogens is 1. The van der Waals surface area contributed by atoms with Crippen LogP contribution in [0.2, 0.25) is 0 Å². The van der Waals surface area contributed by atoms with Gasteiger partial charge in [-0.25, -0.2) is 20.6 Å². The number of amidine groups is 1. The molecule has 0 aliphatic carbocycles. The van der Waals surface area contributed by atoms with Crippen LogP contribution in [0.4, 0.5) is 14.9 Å². The Labute approximate surface area is 171 Å². The third-order valence-electron chi connectivity index (χ3n) is 4.34. The zero-order valence-electron chi connectivity index (χ0n) is 16.3. The molecule has 3 aromatic rings. The lowest BCUT2D eigenvalue weighted by Crippen LogP contribution is -2.22. The maximum atomic E-state index is 13.9. The molecular weight excluding hydrogens is 391 g/mol. The van der Waals surface area contributed by atoms with Gasteiger partial charge in [-0.2, -0.15) is 0 Å². The lowest BCUT2D eigenvalue weighted by atomic mass is 10.1. The van der Waals surface area contributed by atoms with Crippen molar-refractivity contribution in [2.24, 2.45) is 16.7 Å². The van der Waals surface area contributed by atoms with Crippen LogP contribution in [0.1, 0.15) is 29.8 Å². The van der Waals surface area contributed by atoms with Gasteiger partial charge >= 0.3 is 6.09 Å². The number of ether oxygens (including phenoxy) is 1. The molecule has 0 aliphatic rings. The van der Waals surface area contributed by atoms with Crippen LogP contribution in [0.3, 0.4) is 0 Å². The van der Waals surface area contributed by atoms with Crippen LogP contribution in [0.5, 0.6) is 0 Å². The number of rotatable bonds is 6. The second-order valence-electron chi connectivity index (χ2n) is 6.37. The average molecular weight is 412 g/mol. The zero-order chi connectivity index (χ0) is 21.7. The van der Waals surface area contributed by atoms with E-state index in [-0.39, 0.29) is 11.4 Å². The van der Waals surface area contributed by atoms with Crippen molar-refractivity contribution in [1.82, 2.24) is 10.7 Å². The van der Waals surface area contributed by atoms with E-state index in [1.165, 1.54) is 6.07 Å². The third kappa shape index (κ3) is 4.55. The summed E-state index contributed by atoms with van der Waals surface area (Å²) in [6, 6.07) is 13.0. The number of carbonyl (C=O) groups is 1. The number of benzene rings is 2. The molecule has 6 N–H and O–H groups in total. The predicted molar refractivity (Wildman–Crippen MR) is 110 cm³/mol. The molecule has 156 valence electrons. The van der Waals surface area contributed by atoms with Gasteiger partial charge in [-0.3, -0.25) is 5.32 Å². The first-order valence-corrected chi connectivity index (χ1v) is 8.98. The summed E-state index contributed by atoms with van der Waals surface area (Å²) in [6.45, 7) is 3.26. The van der Waals surface area contributed by atoms with Crippen molar-refractivity contribution >= 4 is 17.6 Å². The van der Waals surface area contributed by atoms with Gasteiger partial charge in [-0.15, -0.1) is 5.10 Å². The Morgan fingerprint density at radius 3 is 2.60 bits per heavy atom. The predicted octanol–water partition coefficient (Wildman–Crippen LogP) is 3.18.